The lowest BCUT2D eigenvalue weighted by Gasteiger charge is -2.07. The van der Waals surface area contributed by atoms with Gasteiger partial charge in [-0.2, -0.15) is 0 Å². The van der Waals surface area contributed by atoms with Crippen LogP contribution in [0.4, 0.5) is 11.4 Å². The summed E-state index contributed by atoms with van der Waals surface area (Å²) >= 11 is 3.21. The molecule has 0 aliphatic carbocycles. The smallest absolute Gasteiger partial charge is 0.307 e. The number of carbonyl (C=O) groups is 1. The van der Waals surface area contributed by atoms with Crippen LogP contribution in [0.15, 0.2) is 16.6 Å². The second kappa shape index (κ2) is 3.66. The third-order valence-corrected chi connectivity index (χ3v) is 2.07. The summed E-state index contributed by atoms with van der Waals surface area (Å²) in [5.41, 5.74) is 12.5. The number of hydrogen-bond donors (Lipinski definition) is 3. The predicted octanol–water partition coefficient (Wildman–Crippen LogP) is 1.24. The van der Waals surface area contributed by atoms with Crippen LogP contribution in [0.3, 0.4) is 0 Å². The second-order valence-electron chi connectivity index (χ2n) is 2.63. The van der Waals surface area contributed by atoms with E-state index in [9.17, 15) is 4.79 Å². The highest BCUT2D eigenvalue weighted by Gasteiger charge is 2.09. The van der Waals surface area contributed by atoms with Crippen LogP contribution >= 0.6 is 15.9 Å². The summed E-state index contributed by atoms with van der Waals surface area (Å²) in [6.07, 6.45) is -0.148. The van der Waals surface area contributed by atoms with Crippen LogP contribution in [0.2, 0.25) is 0 Å². The van der Waals surface area contributed by atoms with Crippen molar-refractivity contribution in [2.24, 2.45) is 0 Å². The van der Waals surface area contributed by atoms with Crippen LogP contribution < -0.4 is 11.5 Å². The number of nitrogens with two attached hydrogens (primary N) is 2. The van der Waals surface area contributed by atoms with Crippen molar-refractivity contribution in [2.75, 3.05) is 11.5 Å². The van der Waals surface area contributed by atoms with E-state index in [0.717, 1.165) is 4.47 Å². The van der Waals surface area contributed by atoms with Crippen molar-refractivity contribution in [1.29, 1.82) is 0 Å². The Kier molecular flexibility index (Phi) is 2.77. The van der Waals surface area contributed by atoms with Crippen molar-refractivity contribution in [3.8, 4) is 0 Å². The Hall–Kier alpha value is -1.23. The third-order valence-electron chi connectivity index (χ3n) is 1.61. The number of benzene rings is 1. The first-order valence-corrected chi connectivity index (χ1v) is 4.35. The van der Waals surface area contributed by atoms with Gasteiger partial charge in [0, 0.05) is 21.4 Å². The predicted molar refractivity (Wildman–Crippen MR) is 54.3 cm³/mol. The van der Waals surface area contributed by atoms with Crippen LogP contribution in [0.5, 0.6) is 0 Å². The Morgan fingerprint density at radius 1 is 1.38 bits per heavy atom. The van der Waals surface area contributed by atoms with Crippen LogP contribution in [0.25, 0.3) is 0 Å². The lowest BCUT2D eigenvalue weighted by Crippen LogP contribution is -2.07. The quantitative estimate of drug-likeness (QED) is 0.684. The average molecular weight is 245 g/mol. The molecule has 4 nitrogen and oxygen atoms in total. The molecule has 13 heavy (non-hydrogen) atoms. The Morgan fingerprint density at radius 3 is 2.23 bits per heavy atom. The van der Waals surface area contributed by atoms with Gasteiger partial charge in [0.2, 0.25) is 0 Å². The van der Waals surface area contributed by atoms with Gasteiger partial charge < -0.3 is 16.6 Å². The van der Waals surface area contributed by atoms with Gasteiger partial charge in [0.05, 0.1) is 6.42 Å². The topological polar surface area (TPSA) is 89.3 Å². The van der Waals surface area contributed by atoms with Crippen molar-refractivity contribution in [2.45, 2.75) is 6.42 Å². The Balaban J connectivity index is 3.13. The van der Waals surface area contributed by atoms with Crippen LogP contribution in [-0.2, 0) is 11.2 Å². The van der Waals surface area contributed by atoms with E-state index in [2.05, 4.69) is 15.9 Å². The molecule has 0 radical (unpaired) electrons. The minimum Gasteiger partial charge on any atom is -0.481 e. The fourth-order valence-corrected chi connectivity index (χ4v) is 1.53. The van der Waals surface area contributed by atoms with E-state index in [1.165, 1.54) is 0 Å². The van der Waals surface area contributed by atoms with Crippen molar-refractivity contribution in [3.63, 3.8) is 0 Å². The zero-order valence-electron chi connectivity index (χ0n) is 6.75. The molecule has 0 unspecified atom stereocenters. The van der Waals surface area contributed by atoms with Crippen molar-refractivity contribution in [1.82, 2.24) is 0 Å². The summed E-state index contributed by atoms with van der Waals surface area (Å²) in [5, 5.41) is 8.56. The summed E-state index contributed by atoms with van der Waals surface area (Å²) in [6, 6.07) is 3.27. The van der Waals surface area contributed by atoms with E-state index >= 15 is 0 Å². The number of carboxylic acid groups (broad SMARTS) is 1. The van der Waals surface area contributed by atoms with Gasteiger partial charge in [-0.05, 0) is 12.1 Å². The van der Waals surface area contributed by atoms with Gasteiger partial charge in [-0.15, -0.1) is 0 Å². The number of carboxylic acids is 1. The zero-order chi connectivity index (χ0) is 10.0. The number of halogens is 1. The molecular weight excluding hydrogens is 236 g/mol. The SMILES string of the molecule is Nc1cc(Br)cc(N)c1CC(=O)O. The molecule has 0 heterocycles. The molecule has 5 heteroatoms. The molecule has 0 fully saturated rings. The Morgan fingerprint density at radius 2 is 1.85 bits per heavy atom. The van der Waals surface area contributed by atoms with E-state index in [-0.39, 0.29) is 6.42 Å². The van der Waals surface area contributed by atoms with Gasteiger partial charge in [-0.1, -0.05) is 15.9 Å². The molecule has 0 spiro atoms. The van der Waals surface area contributed by atoms with Gasteiger partial charge >= 0.3 is 5.97 Å². The number of aliphatic carboxylic acids is 1. The molecule has 0 aromatic heterocycles. The van der Waals surface area contributed by atoms with Crippen molar-refractivity contribution >= 4 is 33.3 Å². The highest BCUT2D eigenvalue weighted by molar-refractivity contribution is 9.10. The molecule has 0 aliphatic heterocycles. The monoisotopic (exact) mass is 244 g/mol. The van der Waals surface area contributed by atoms with Gasteiger partial charge in [0.15, 0.2) is 0 Å². The van der Waals surface area contributed by atoms with E-state index in [1.54, 1.807) is 12.1 Å². The molecule has 70 valence electrons. The molecule has 0 saturated carbocycles. The van der Waals surface area contributed by atoms with Crippen molar-refractivity contribution in [3.05, 3.63) is 22.2 Å². The van der Waals surface area contributed by atoms with E-state index in [0.29, 0.717) is 16.9 Å². The highest BCUT2D eigenvalue weighted by Crippen LogP contribution is 2.25. The minimum atomic E-state index is -0.944. The zero-order valence-corrected chi connectivity index (χ0v) is 8.34. The third kappa shape index (κ3) is 2.35. The molecule has 0 bridgehead atoms. The standard InChI is InChI=1S/C8H9BrN2O2/c9-4-1-6(10)5(3-8(12)13)7(11)2-4/h1-2H,3,10-11H2,(H,12,13). The van der Waals surface area contributed by atoms with Crippen molar-refractivity contribution < 1.29 is 9.90 Å². The molecule has 0 amide bonds. The summed E-state index contributed by atoms with van der Waals surface area (Å²) in [6.45, 7) is 0. The maximum atomic E-state index is 10.4. The van der Waals surface area contributed by atoms with Crippen LogP contribution in [0, 0.1) is 0 Å². The maximum Gasteiger partial charge on any atom is 0.307 e. The first-order chi connectivity index (χ1) is 6.00. The number of nitrogen functional groups attached to an aromatic ring is 2. The Bertz CT molecular complexity index is 329. The van der Waals surface area contributed by atoms with E-state index in [1.807, 2.05) is 0 Å². The molecule has 1 aromatic carbocycles. The molecule has 0 atom stereocenters. The average Bonchev–Trinajstić information content (AvgIpc) is 1.96. The first-order valence-electron chi connectivity index (χ1n) is 3.56. The summed E-state index contributed by atoms with van der Waals surface area (Å²) in [4.78, 5) is 10.4. The molecular formula is C8H9BrN2O2. The lowest BCUT2D eigenvalue weighted by atomic mass is 10.1. The summed E-state index contributed by atoms with van der Waals surface area (Å²) in [5.74, 6) is -0.944. The molecule has 0 aliphatic rings. The minimum absolute atomic E-state index is 0.148. The van der Waals surface area contributed by atoms with Gasteiger partial charge in [-0.3, -0.25) is 4.79 Å². The largest absolute Gasteiger partial charge is 0.481 e. The van der Waals surface area contributed by atoms with Gasteiger partial charge in [-0.25, -0.2) is 0 Å². The second-order valence-corrected chi connectivity index (χ2v) is 3.55. The number of rotatable bonds is 2. The molecule has 5 N–H and O–H groups in total. The van der Waals surface area contributed by atoms with Crippen LogP contribution in [-0.4, -0.2) is 11.1 Å². The molecule has 1 rings (SSSR count). The van der Waals surface area contributed by atoms with Gasteiger partial charge in [0.1, 0.15) is 0 Å². The normalized spacial score (nSPS) is 9.92. The Labute approximate surface area is 83.7 Å². The van der Waals surface area contributed by atoms with E-state index in [4.69, 9.17) is 16.6 Å². The summed E-state index contributed by atoms with van der Waals surface area (Å²) < 4.78 is 0.747. The van der Waals surface area contributed by atoms with Crippen LogP contribution in [0.1, 0.15) is 5.56 Å². The fourth-order valence-electron chi connectivity index (χ4n) is 1.04. The fraction of sp³-hybridized carbons (Fsp3) is 0.125. The highest BCUT2D eigenvalue weighted by atomic mass is 79.9. The first kappa shape index (κ1) is 9.85. The number of anilines is 2. The van der Waals surface area contributed by atoms with Gasteiger partial charge in [0.25, 0.3) is 0 Å². The summed E-state index contributed by atoms with van der Waals surface area (Å²) in [7, 11) is 0. The lowest BCUT2D eigenvalue weighted by molar-refractivity contribution is -0.136. The molecule has 0 saturated heterocycles. The van der Waals surface area contributed by atoms with E-state index < -0.39 is 5.97 Å². The number of hydrogen-bond acceptors (Lipinski definition) is 3. The molecule has 1 aromatic rings. The maximum absolute atomic E-state index is 10.4.